The molecule has 1 unspecified atom stereocenters. The fraction of sp³-hybridized carbons (Fsp3) is 0.800. The van der Waals surface area contributed by atoms with Crippen LogP contribution in [0.3, 0.4) is 0 Å². The maximum atomic E-state index is 12.6. The quantitative estimate of drug-likeness (QED) is 0.558. The van der Waals surface area contributed by atoms with Gasteiger partial charge >= 0.3 is 17.9 Å². The summed E-state index contributed by atoms with van der Waals surface area (Å²) >= 11 is 0. The summed E-state index contributed by atoms with van der Waals surface area (Å²) < 4.78 is 15.5. The predicted octanol–water partition coefficient (Wildman–Crippen LogP) is -0.744. The first-order chi connectivity index (χ1) is 10.5. The van der Waals surface area contributed by atoms with Gasteiger partial charge in [0, 0.05) is 6.42 Å². The average molecular weight is 326 g/mol. The molecular formula is C15H18O8. The molecule has 1 saturated carbocycles. The molecule has 2 spiro atoms. The van der Waals surface area contributed by atoms with E-state index in [9.17, 15) is 24.6 Å². The Hall–Kier alpha value is -1.67. The van der Waals surface area contributed by atoms with E-state index in [1.165, 1.54) is 0 Å². The number of aliphatic hydroxyl groups excluding tert-OH is 1. The van der Waals surface area contributed by atoms with E-state index in [-0.39, 0.29) is 12.8 Å². The fourth-order valence-corrected chi connectivity index (χ4v) is 5.15. The summed E-state index contributed by atoms with van der Waals surface area (Å²) in [5.41, 5.74) is -5.91. The van der Waals surface area contributed by atoms with Crippen LogP contribution in [0.1, 0.15) is 33.6 Å². The van der Waals surface area contributed by atoms with Crippen LogP contribution < -0.4 is 0 Å². The van der Waals surface area contributed by atoms with E-state index in [1.54, 1.807) is 20.8 Å². The Bertz CT molecular complexity index is 650. The van der Waals surface area contributed by atoms with Crippen LogP contribution in [-0.4, -0.2) is 52.2 Å². The molecule has 1 aliphatic carbocycles. The third-order valence-electron chi connectivity index (χ3n) is 6.22. The molecule has 8 nitrogen and oxygen atoms in total. The number of hydrogen-bond acceptors (Lipinski definition) is 8. The van der Waals surface area contributed by atoms with Crippen LogP contribution in [-0.2, 0) is 28.6 Å². The first-order valence-corrected chi connectivity index (χ1v) is 7.54. The number of ether oxygens (including phenoxy) is 3. The molecule has 126 valence electrons. The van der Waals surface area contributed by atoms with Crippen molar-refractivity contribution in [2.24, 2.45) is 16.2 Å². The molecule has 2 N–H and O–H groups in total. The summed E-state index contributed by atoms with van der Waals surface area (Å²) in [6, 6.07) is 0. The van der Waals surface area contributed by atoms with Crippen molar-refractivity contribution in [3.8, 4) is 0 Å². The lowest BCUT2D eigenvalue weighted by Gasteiger charge is -2.49. The molecule has 23 heavy (non-hydrogen) atoms. The Morgan fingerprint density at radius 1 is 1.13 bits per heavy atom. The Balaban J connectivity index is 2.05. The number of carbonyl (C=O) groups is 3. The first-order valence-electron chi connectivity index (χ1n) is 7.54. The Morgan fingerprint density at radius 2 is 1.78 bits per heavy atom. The molecule has 3 heterocycles. The second-order valence-corrected chi connectivity index (χ2v) is 7.89. The second-order valence-electron chi connectivity index (χ2n) is 7.89. The zero-order chi connectivity index (χ0) is 17.0. The van der Waals surface area contributed by atoms with Crippen LogP contribution in [0.25, 0.3) is 0 Å². The summed E-state index contributed by atoms with van der Waals surface area (Å²) in [5, 5.41) is 22.2. The number of rotatable bonds is 0. The zero-order valence-corrected chi connectivity index (χ0v) is 13.0. The smallest absolute Gasteiger partial charge is 0.339 e. The highest BCUT2D eigenvalue weighted by Gasteiger charge is 2.92. The topological polar surface area (TPSA) is 119 Å². The second kappa shape index (κ2) is 3.70. The van der Waals surface area contributed by atoms with Gasteiger partial charge < -0.3 is 24.4 Å². The van der Waals surface area contributed by atoms with Gasteiger partial charge in [-0.2, -0.15) is 0 Å². The molecule has 0 aromatic carbocycles. The number of carbonyl (C=O) groups excluding carboxylic acids is 3. The summed E-state index contributed by atoms with van der Waals surface area (Å²) in [6.45, 7) is 5.19. The van der Waals surface area contributed by atoms with Gasteiger partial charge in [-0.3, -0.25) is 9.59 Å². The SMILES string of the molecule is CC(C)(C)[C@@]1(O)C[C@H]2OC(=O)C[C@]23C(=O)O[C@H]2OC(=O)[C@@H](O)C213. The number of aliphatic hydroxyl groups is 2. The van der Waals surface area contributed by atoms with Crippen molar-refractivity contribution < 1.29 is 38.8 Å². The molecule has 0 radical (unpaired) electrons. The Kier molecular flexibility index (Phi) is 2.39. The minimum atomic E-state index is -1.78. The van der Waals surface area contributed by atoms with Crippen LogP contribution in [0.2, 0.25) is 0 Å². The van der Waals surface area contributed by atoms with E-state index < -0.39 is 58.3 Å². The molecule has 4 aliphatic rings. The van der Waals surface area contributed by atoms with Crippen molar-refractivity contribution in [1.29, 1.82) is 0 Å². The molecule has 3 aliphatic heterocycles. The zero-order valence-electron chi connectivity index (χ0n) is 13.0. The monoisotopic (exact) mass is 326 g/mol. The van der Waals surface area contributed by atoms with Crippen LogP contribution in [0.15, 0.2) is 0 Å². The lowest BCUT2D eigenvalue weighted by atomic mass is 9.52. The van der Waals surface area contributed by atoms with E-state index in [2.05, 4.69) is 0 Å². The lowest BCUT2D eigenvalue weighted by Crippen LogP contribution is -2.65. The van der Waals surface area contributed by atoms with E-state index in [1.807, 2.05) is 0 Å². The summed E-state index contributed by atoms with van der Waals surface area (Å²) in [5.74, 6) is -2.36. The van der Waals surface area contributed by atoms with Gasteiger partial charge in [0.1, 0.15) is 16.9 Å². The van der Waals surface area contributed by atoms with Gasteiger partial charge in [0.2, 0.25) is 0 Å². The van der Waals surface area contributed by atoms with Crippen molar-refractivity contribution in [2.75, 3.05) is 0 Å². The molecule has 6 atom stereocenters. The molecule has 4 rings (SSSR count). The van der Waals surface area contributed by atoms with Crippen molar-refractivity contribution >= 4 is 17.9 Å². The van der Waals surface area contributed by atoms with Gasteiger partial charge in [0.05, 0.1) is 12.0 Å². The normalized spacial score (nSPS) is 51.0. The Labute approximate surface area is 131 Å². The summed E-state index contributed by atoms with van der Waals surface area (Å²) in [7, 11) is 0. The largest absolute Gasteiger partial charge is 0.461 e. The fourth-order valence-electron chi connectivity index (χ4n) is 5.15. The van der Waals surface area contributed by atoms with Gasteiger partial charge in [0.15, 0.2) is 6.10 Å². The maximum Gasteiger partial charge on any atom is 0.339 e. The molecule has 0 aromatic heterocycles. The average Bonchev–Trinajstić information content (AvgIpc) is 3.00. The van der Waals surface area contributed by atoms with E-state index in [4.69, 9.17) is 14.2 Å². The van der Waals surface area contributed by atoms with Gasteiger partial charge in [-0.05, 0) is 5.41 Å². The van der Waals surface area contributed by atoms with Crippen LogP contribution in [0, 0.1) is 16.2 Å². The highest BCUT2D eigenvalue weighted by atomic mass is 16.7. The van der Waals surface area contributed by atoms with Crippen molar-refractivity contribution in [1.82, 2.24) is 0 Å². The Morgan fingerprint density at radius 3 is 2.39 bits per heavy atom. The highest BCUT2D eigenvalue weighted by Crippen LogP contribution is 2.75. The molecular weight excluding hydrogens is 308 g/mol. The van der Waals surface area contributed by atoms with E-state index in [0.717, 1.165) is 0 Å². The van der Waals surface area contributed by atoms with Gasteiger partial charge in [-0.15, -0.1) is 0 Å². The molecule has 3 saturated heterocycles. The molecule has 4 fully saturated rings. The number of hydrogen-bond donors (Lipinski definition) is 2. The third kappa shape index (κ3) is 1.20. The molecule has 0 aromatic rings. The lowest BCUT2D eigenvalue weighted by molar-refractivity contribution is -0.224. The number of esters is 3. The molecule has 8 heteroatoms. The van der Waals surface area contributed by atoms with Gasteiger partial charge in [0.25, 0.3) is 6.29 Å². The maximum absolute atomic E-state index is 12.6. The van der Waals surface area contributed by atoms with Crippen LogP contribution in [0.5, 0.6) is 0 Å². The minimum absolute atomic E-state index is 0.0679. The van der Waals surface area contributed by atoms with Crippen molar-refractivity contribution in [3.63, 3.8) is 0 Å². The summed E-state index contributed by atoms with van der Waals surface area (Å²) in [4.78, 5) is 36.5. The van der Waals surface area contributed by atoms with Crippen LogP contribution in [0.4, 0.5) is 0 Å². The van der Waals surface area contributed by atoms with Crippen molar-refractivity contribution in [2.45, 2.75) is 57.7 Å². The van der Waals surface area contributed by atoms with E-state index >= 15 is 0 Å². The first kappa shape index (κ1) is 14.9. The summed E-state index contributed by atoms with van der Waals surface area (Å²) in [6.07, 6.45) is -4.58. The molecule has 0 bridgehead atoms. The van der Waals surface area contributed by atoms with E-state index in [0.29, 0.717) is 0 Å². The van der Waals surface area contributed by atoms with Crippen LogP contribution >= 0.6 is 0 Å². The van der Waals surface area contributed by atoms with Gasteiger partial charge in [-0.25, -0.2) is 4.79 Å². The predicted molar refractivity (Wildman–Crippen MR) is 70.4 cm³/mol. The standard InChI is InChI=1S/C15H18O8/c1-12(2,3)14(20)4-6-13(5-7(16)21-6)10(19)23-11-15(13,14)8(17)9(18)22-11/h6,8,11,17,20H,4-5H2,1-3H3/t6-,8-,11-,13-,14+,15?/m1/s1. The third-order valence-corrected chi connectivity index (χ3v) is 6.22. The molecule has 0 amide bonds. The highest BCUT2D eigenvalue weighted by molar-refractivity contribution is 5.94. The van der Waals surface area contributed by atoms with Crippen molar-refractivity contribution in [3.05, 3.63) is 0 Å². The van der Waals surface area contributed by atoms with Gasteiger partial charge in [-0.1, -0.05) is 20.8 Å². The minimum Gasteiger partial charge on any atom is -0.461 e.